The van der Waals surface area contributed by atoms with E-state index < -0.39 is 0 Å². The van der Waals surface area contributed by atoms with Crippen LogP contribution in [0, 0.1) is 11.8 Å². The molecule has 0 radical (unpaired) electrons. The second-order valence-corrected chi connectivity index (χ2v) is 8.28. The maximum atomic E-state index is 6.30. The largest absolute Gasteiger partial charge is 0.372 e. The topological polar surface area (TPSA) is 15.7 Å². The Balaban J connectivity index is 1.73. The van der Waals surface area contributed by atoms with Crippen LogP contribution in [0.5, 0.6) is 0 Å². The molecule has 0 bridgehead atoms. The van der Waals surface area contributed by atoms with Gasteiger partial charge in [0.25, 0.3) is 0 Å². The van der Waals surface area contributed by atoms with Crippen molar-refractivity contribution in [3.8, 4) is 0 Å². The number of hydrogen-bond acceptors (Lipinski definition) is 3. The summed E-state index contributed by atoms with van der Waals surface area (Å²) in [4.78, 5) is 5.33. The molecule has 2 heterocycles. The van der Waals surface area contributed by atoms with Crippen molar-refractivity contribution in [1.82, 2.24) is 9.80 Å². The number of nitrogens with zero attached hydrogens (tertiary/aromatic N) is 2. The van der Waals surface area contributed by atoms with E-state index in [2.05, 4.69) is 37.5 Å². The summed E-state index contributed by atoms with van der Waals surface area (Å²) in [7, 11) is 0. The molecule has 0 aromatic rings. The molecule has 3 heteroatoms. The van der Waals surface area contributed by atoms with Crippen molar-refractivity contribution in [2.75, 3.05) is 45.9 Å². The van der Waals surface area contributed by atoms with Gasteiger partial charge in [-0.05, 0) is 44.1 Å². The standard InChI is InChI=1S/C20H40N2O/c1-5-18(3)8-7-11-22-14-15-23-20(17-22)9-12-21(13-10-20)16-19(4)6-2/h18-19H,5-17H2,1-4H3. The fraction of sp³-hybridized carbons (Fsp3) is 1.00. The fourth-order valence-corrected chi connectivity index (χ4v) is 4.00. The molecule has 0 amide bonds. The van der Waals surface area contributed by atoms with Crippen LogP contribution in [0.2, 0.25) is 0 Å². The first kappa shape index (κ1) is 19.2. The van der Waals surface area contributed by atoms with Crippen LogP contribution in [-0.4, -0.2) is 61.3 Å². The van der Waals surface area contributed by atoms with Gasteiger partial charge in [-0.3, -0.25) is 4.90 Å². The minimum Gasteiger partial charge on any atom is -0.372 e. The van der Waals surface area contributed by atoms with Crippen molar-refractivity contribution in [1.29, 1.82) is 0 Å². The van der Waals surface area contributed by atoms with Crippen LogP contribution in [0.25, 0.3) is 0 Å². The maximum Gasteiger partial charge on any atom is 0.0833 e. The predicted molar refractivity (Wildman–Crippen MR) is 98.9 cm³/mol. The molecular formula is C20H40N2O. The summed E-state index contributed by atoms with van der Waals surface area (Å²) in [5.41, 5.74) is 0.167. The number of likely N-dealkylation sites (tertiary alicyclic amines) is 1. The summed E-state index contributed by atoms with van der Waals surface area (Å²) in [5, 5.41) is 0. The zero-order chi connectivity index (χ0) is 16.7. The number of hydrogen-bond donors (Lipinski definition) is 0. The maximum absolute atomic E-state index is 6.30. The van der Waals surface area contributed by atoms with Crippen molar-refractivity contribution in [3.05, 3.63) is 0 Å². The molecule has 0 N–H and O–H groups in total. The second-order valence-electron chi connectivity index (χ2n) is 8.28. The van der Waals surface area contributed by atoms with Gasteiger partial charge in [0.15, 0.2) is 0 Å². The third-order valence-electron chi connectivity index (χ3n) is 6.23. The number of ether oxygens (including phenoxy) is 1. The molecule has 2 atom stereocenters. The van der Waals surface area contributed by atoms with Crippen LogP contribution in [0.4, 0.5) is 0 Å². The van der Waals surface area contributed by atoms with Crippen molar-refractivity contribution < 1.29 is 4.74 Å². The van der Waals surface area contributed by atoms with Crippen molar-refractivity contribution in [2.45, 2.75) is 71.8 Å². The lowest BCUT2D eigenvalue weighted by Gasteiger charge is -2.47. The lowest BCUT2D eigenvalue weighted by atomic mass is 9.88. The van der Waals surface area contributed by atoms with Gasteiger partial charge < -0.3 is 9.64 Å². The predicted octanol–water partition coefficient (Wildman–Crippen LogP) is 4.03. The minimum atomic E-state index is 0.167. The van der Waals surface area contributed by atoms with E-state index >= 15 is 0 Å². The quantitative estimate of drug-likeness (QED) is 0.670. The zero-order valence-corrected chi connectivity index (χ0v) is 16.1. The molecule has 3 nitrogen and oxygen atoms in total. The molecule has 1 spiro atoms. The first-order chi connectivity index (χ1) is 11.1. The smallest absolute Gasteiger partial charge is 0.0833 e. The Bertz CT molecular complexity index is 326. The molecule has 2 saturated heterocycles. The highest BCUT2D eigenvalue weighted by Gasteiger charge is 2.39. The Hall–Kier alpha value is -0.120. The molecule has 0 aromatic heterocycles. The van der Waals surface area contributed by atoms with Gasteiger partial charge in [-0.25, -0.2) is 0 Å². The summed E-state index contributed by atoms with van der Waals surface area (Å²) in [6, 6.07) is 0. The molecule has 2 fully saturated rings. The molecule has 2 rings (SSSR count). The van der Waals surface area contributed by atoms with Gasteiger partial charge in [0.1, 0.15) is 0 Å². The normalized spacial score (nSPS) is 25.6. The van der Waals surface area contributed by atoms with Crippen molar-refractivity contribution >= 4 is 0 Å². The van der Waals surface area contributed by atoms with Crippen LogP contribution >= 0.6 is 0 Å². The average molecular weight is 325 g/mol. The Morgan fingerprint density at radius 2 is 1.65 bits per heavy atom. The Morgan fingerprint density at radius 1 is 0.957 bits per heavy atom. The van der Waals surface area contributed by atoms with E-state index in [9.17, 15) is 0 Å². The third kappa shape index (κ3) is 6.03. The van der Waals surface area contributed by atoms with Gasteiger partial charge in [-0.2, -0.15) is 0 Å². The highest BCUT2D eigenvalue weighted by molar-refractivity contribution is 4.93. The van der Waals surface area contributed by atoms with E-state index in [1.807, 2.05) is 0 Å². The van der Waals surface area contributed by atoms with Crippen LogP contribution < -0.4 is 0 Å². The van der Waals surface area contributed by atoms with E-state index in [1.165, 1.54) is 71.2 Å². The molecule has 2 unspecified atom stereocenters. The van der Waals surface area contributed by atoms with Crippen molar-refractivity contribution in [2.24, 2.45) is 11.8 Å². The van der Waals surface area contributed by atoms with Gasteiger partial charge in [0, 0.05) is 32.7 Å². The third-order valence-corrected chi connectivity index (χ3v) is 6.23. The lowest BCUT2D eigenvalue weighted by Crippen LogP contribution is -2.57. The van der Waals surface area contributed by atoms with E-state index in [1.54, 1.807) is 0 Å². The van der Waals surface area contributed by atoms with Crippen LogP contribution in [0.3, 0.4) is 0 Å². The summed E-state index contributed by atoms with van der Waals surface area (Å²) in [6.45, 7) is 17.6. The monoisotopic (exact) mass is 324 g/mol. The van der Waals surface area contributed by atoms with E-state index in [4.69, 9.17) is 4.74 Å². The molecular weight excluding hydrogens is 284 g/mol. The van der Waals surface area contributed by atoms with Gasteiger partial charge in [0.05, 0.1) is 12.2 Å². The SMILES string of the molecule is CCC(C)CCCN1CCOC2(CCN(CC(C)CC)CC2)C1. The van der Waals surface area contributed by atoms with E-state index in [0.717, 1.165) is 25.0 Å². The Kier molecular flexibility index (Phi) is 7.84. The first-order valence-corrected chi connectivity index (χ1v) is 10.2. The fourth-order valence-electron chi connectivity index (χ4n) is 4.00. The summed E-state index contributed by atoms with van der Waals surface area (Å²) < 4.78 is 6.30. The second kappa shape index (κ2) is 9.39. The van der Waals surface area contributed by atoms with Crippen molar-refractivity contribution in [3.63, 3.8) is 0 Å². The van der Waals surface area contributed by atoms with Gasteiger partial charge in [0.2, 0.25) is 0 Å². The highest BCUT2D eigenvalue weighted by Crippen LogP contribution is 2.30. The first-order valence-electron chi connectivity index (χ1n) is 10.2. The highest BCUT2D eigenvalue weighted by atomic mass is 16.5. The lowest BCUT2D eigenvalue weighted by molar-refractivity contribution is -0.136. The van der Waals surface area contributed by atoms with E-state index in [0.29, 0.717) is 0 Å². The molecule has 136 valence electrons. The van der Waals surface area contributed by atoms with E-state index in [-0.39, 0.29) is 5.60 Å². The van der Waals surface area contributed by atoms with Crippen LogP contribution in [0.15, 0.2) is 0 Å². The molecule has 2 aliphatic heterocycles. The summed E-state index contributed by atoms with van der Waals surface area (Å²) >= 11 is 0. The Morgan fingerprint density at radius 3 is 2.30 bits per heavy atom. The minimum absolute atomic E-state index is 0.167. The summed E-state index contributed by atoms with van der Waals surface area (Å²) in [6.07, 6.45) is 7.80. The van der Waals surface area contributed by atoms with Gasteiger partial charge in [-0.15, -0.1) is 0 Å². The number of rotatable bonds is 8. The summed E-state index contributed by atoms with van der Waals surface area (Å²) in [5.74, 6) is 1.71. The average Bonchev–Trinajstić information content (AvgIpc) is 2.57. The van der Waals surface area contributed by atoms with Crippen LogP contribution in [0.1, 0.15) is 66.2 Å². The van der Waals surface area contributed by atoms with Gasteiger partial charge >= 0.3 is 0 Å². The zero-order valence-electron chi connectivity index (χ0n) is 16.1. The van der Waals surface area contributed by atoms with Gasteiger partial charge in [-0.1, -0.05) is 40.5 Å². The molecule has 0 saturated carbocycles. The molecule has 0 aliphatic carbocycles. The Labute approximate surface area is 144 Å². The molecule has 23 heavy (non-hydrogen) atoms. The molecule has 2 aliphatic rings. The van der Waals surface area contributed by atoms with Crippen LogP contribution in [-0.2, 0) is 4.74 Å². The number of piperidine rings is 1. The number of morpholine rings is 1. The molecule has 0 aromatic carbocycles.